The number of carbonyl (C=O) groups excluding carboxylic acids is 2. The van der Waals surface area contributed by atoms with E-state index in [0.29, 0.717) is 49.9 Å². The van der Waals surface area contributed by atoms with Crippen LogP contribution in [0.1, 0.15) is 32.0 Å². The van der Waals surface area contributed by atoms with Crippen molar-refractivity contribution in [2.24, 2.45) is 7.05 Å². The monoisotopic (exact) mass is 679 g/mol. The van der Waals surface area contributed by atoms with Crippen LogP contribution in [0.5, 0.6) is 17.4 Å². The van der Waals surface area contributed by atoms with Crippen molar-refractivity contribution in [3.8, 4) is 17.4 Å². The van der Waals surface area contributed by atoms with Crippen LogP contribution >= 0.6 is 0 Å². The number of aromatic nitrogens is 2. The summed E-state index contributed by atoms with van der Waals surface area (Å²) in [6.45, 7) is 0.153. The molecule has 0 spiro atoms. The zero-order valence-corrected chi connectivity index (χ0v) is 26.1. The third kappa shape index (κ3) is 7.97. The van der Waals surface area contributed by atoms with Crippen LogP contribution in [0.25, 0.3) is 10.9 Å². The molecule has 0 bridgehead atoms. The van der Waals surface area contributed by atoms with Gasteiger partial charge in [0.25, 0.3) is 11.8 Å². The number of hydrogen-bond donors (Lipinski definition) is 1. The third-order valence-electron chi connectivity index (χ3n) is 8.14. The molecular weight excluding hydrogens is 649 g/mol. The molecular formula is C35H30F5N5O4. The zero-order chi connectivity index (χ0) is 34.7. The minimum Gasteiger partial charge on any atom is -0.439 e. The number of carbonyl (C=O) groups is 2. The summed E-state index contributed by atoms with van der Waals surface area (Å²) < 4.78 is 75.4. The molecule has 0 radical (unpaired) electrons. The Morgan fingerprint density at radius 1 is 0.878 bits per heavy atom. The summed E-state index contributed by atoms with van der Waals surface area (Å²) in [7, 11) is 1.83. The van der Waals surface area contributed by atoms with Gasteiger partial charge in [-0.1, -0.05) is 12.1 Å². The molecule has 1 N–H and O–H groups in total. The average molecular weight is 680 g/mol. The maximum absolute atomic E-state index is 13.5. The van der Waals surface area contributed by atoms with Gasteiger partial charge in [0.15, 0.2) is 0 Å². The number of pyridine rings is 1. The van der Waals surface area contributed by atoms with Crippen LogP contribution < -0.4 is 14.8 Å². The number of benzene rings is 3. The Morgan fingerprint density at radius 2 is 1.57 bits per heavy atom. The van der Waals surface area contributed by atoms with Crippen molar-refractivity contribution >= 4 is 28.4 Å². The van der Waals surface area contributed by atoms with E-state index in [1.165, 1.54) is 18.3 Å². The van der Waals surface area contributed by atoms with Gasteiger partial charge in [-0.3, -0.25) is 14.5 Å². The highest BCUT2D eigenvalue weighted by molar-refractivity contribution is 6.04. The Bertz CT molecular complexity index is 1940. The second-order valence-corrected chi connectivity index (χ2v) is 11.4. The van der Waals surface area contributed by atoms with E-state index in [1.807, 2.05) is 28.6 Å². The minimum absolute atomic E-state index is 0.0650. The number of rotatable bonds is 9. The fourth-order valence-corrected chi connectivity index (χ4v) is 5.55. The van der Waals surface area contributed by atoms with Gasteiger partial charge < -0.3 is 24.3 Å². The van der Waals surface area contributed by atoms with Gasteiger partial charge in [0.05, 0.1) is 17.4 Å². The van der Waals surface area contributed by atoms with Crippen LogP contribution in [0, 0.1) is 0 Å². The fraction of sp³-hybridized carbons (Fsp3) is 0.229. The lowest BCUT2D eigenvalue weighted by Crippen LogP contribution is -2.48. The first-order valence-corrected chi connectivity index (χ1v) is 15.2. The molecule has 1 aliphatic rings. The van der Waals surface area contributed by atoms with E-state index < -0.39 is 24.3 Å². The first-order valence-electron chi connectivity index (χ1n) is 15.2. The molecule has 1 aliphatic heterocycles. The molecule has 49 heavy (non-hydrogen) atoms. The fourth-order valence-electron chi connectivity index (χ4n) is 5.55. The highest BCUT2D eigenvalue weighted by atomic mass is 19.4. The highest BCUT2D eigenvalue weighted by Gasteiger charge is 2.30. The lowest BCUT2D eigenvalue weighted by molar-refractivity contribution is -0.137. The molecule has 0 aliphatic carbocycles. The predicted octanol–water partition coefficient (Wildman–Crippen LogP) is 7.20. The van der Waals surface area contributed by atoms with Crippen molar-refractivity contribution in [2.45, 2.75) is 19.3 Å². The second kappa shape index (κ2) is 13.9. The number of aryl methyl sites for hydroxylation is 1. The predicted molar refractivity (Wildman–Crippen MR) is 171 cm³/mol. The van der Waals surface area contributed by atoms with E-state index in [2.05, 4.69) is 19.9 Å². The van der Waals surface area contributed by atoms with Crippen LogP contribution in [-0.2, 0) is 19.8 Å². The van der Waals surface area contributed by atoms with Gasteiger partial charge in [-0.25, -0.2) is 4.98 Å². The summed E-state index contributed by atoms with van der Waals surface area (Å²) in [6.07, 6.45) is -3.12. The number of nitrogens with zero attached hydrogens (tertiary/aromatic N) is 4. The number of alkyl halides is 5. The van der Waals surface area contributed by atoms with Crippen molar-refractivity contribution < 1.29 is 41.0 Å². The molecule has 1 saturated heterocycles. The quantitative estimate of drug-likeness (QED) is 0.166. The number of ether oxygens (including phenoxy) is 2. The summed E-state index contributed by atoms with van der Waals surface area (Å²) in [5.41, 5.74) is 1.88. The molecule has 0 saturated carbocycles. The first kappa shape index (κ1) is 33.4. The Balaban J connectivity index is 1.04. The molecule has 2 amide bonds. The van der Waals surface area contributed by atoms with Gasteiger partial charge >= 0.3 is 12.8 Å². The number of amides is 2. The van der Waals surface area contributed by atoms with Crippen LogP contribution in [0.4, 0.5) is 27.6 Å². The van der Waals surface area contributed by atoms with Gasteiger partial charge in [-0.2, -0.15) is 22.0 Å². The SMILES string of the molecule is Cn1c(C(=O)N2CCN(Cc3ccc(OC(F)F)cc3)CC2)cc2cc(Oc3ccc(NC(=O)c4ccc(C(F)(F)F)cc4)cn3)ccc21. The van der Waals surface area contributed by atoms with Crippen LogP contribution in [-0.4, -0.2) is 64.0 Å². The summed E-state index contributed by atoms with van der Waals surface area (Å²) in [4.78, 5) is 34.2. The molecule has 0 unspecified atom stereocenters. The van der Waals surface area contributed by atoms with E-state index in [0.717, 1.165) is 40.7 Å². The molecule has 3 heterocycles. The Morgan fingerprint density at radius 3 is 2.20 bits per heavy atom. The number of anilines is 1. The largest absolute Gasteiger partial charge is 0.439 e. The van der Waals surface area contributed by atoms with E-state index in [4.69, 9.17) is 4.74 Å². The highest BCUT2D eigenvalue weighted by Crippen LogP contribution is 2.30. The zero-order valence-electron chi connectivity index (χ0n) is 26.1. The second-order valence-electron chi connectivity index (χ2n) is 11.4. The van der Waals surface area contributed by atoms with Gasteiger partial charge in [0, 0.05) is 62.3 Å². The van der Waals surface area contributed by atoms with E-state index in [1.54, 1.807) is 36.4 Å². The van der Waals surface area contributed by atoms with Crippen molar-refractivity contribution in [3.63, 3.8) is 0 Å². The lowest BCUT2D eigenvalue weighted by Gasteiger charge is -2.34. The van der Waals surface area contributed by atoms with Gasteiger partial charge in [0.2, 0.25) is 5.88 Å². The number of hydrogen-bond acceptors (Lipinski definition) is 6. The minimum atomic E-state index is -4.49. The normalized spacial score (nSPS) is 13.9. The lowest BCUT2D eigenvalue weighted by atomic mass is 10.1. The Hall–Kier alpha value is -5.50. The third-order valence-corrected chi connectivity index (χ3v) is 8.14. The van der Waals surface area contributed by atoms with E-state index in [-0.39, 0.29) is 23.1 Å². The summed E-state index contributed by atoms with van der Waals surface area (Å²) in [6, 6.07) is 20.7. The van der Waals surface area contributed by atoms with Crippen LogP contribution in [0.15, 0.2) is 91.1 Å². The van der Waals surface area contributed by atoms with Gasteiger partial charge in [0.1, 0.15) is 17.2 Å². The molecule has 14 heteroatoms. The molecule has 1 fully saturated rings. The topological polar surface area (TPSA) is 88.9 Å². The number of piperazine rings is 1. The molecule has 6 rings (SSSR count). The van der Waals surface area contributed by atoms with Crippen molar-refractivity contribution in [3.05, 3.63) is 114 Å². The van der Waals surface area contributed by atoms with Crippen molar-refractivity contribution in [2.75, 3.05) is 31.5 Å². The van der Waals surface area contributed by atoms with Crippen LogP contribution in [0.2, 0.25) is 0 Å². The Labute approximate surface area is 277 Å². The number of halogens is 5. The maximum atomic E-state index is 13.5. The molecule has 9 nitrogen and oxygen atoms in total. The van der Waals surface area contributed by atoms with Gasteiger partial charge in [-0.05, 0) is 72.3 Å². The van der Waals surface area contributed by atoms with E-state index in [9.17, 15) is 31.5 Å². The standard InChI is InChI=1S/C35H30F5N5O4/c1-43-29-12-11-28(48-31-13-8-26(20-41-31)42-32(46)23-4-6-25(7-5-23)35(38,39)40)18-24(29)19-30(43)33(47)45-16-14-44(15-17-45)21-22-2-9-27(10-3-22)49-34(36)37/h2-13,18-20,34H,14-17,21H2,1H3,(H,42,46). The average Bonchev–Trinajstić information content (AvgIpc) is 3.41. The number of fused-ring (bicyclic) bond motifs is 1. The summed E-state index contributed by atoms with van der Waals surface area (Å²) >= 11 is 0. The molecule has 254 valence electrons. The molecule has 2 aromatic heterocycles. The summed E-state index contributed by atoms with van der Waals surface area (Å²) in [5, 5.41) is 3.39. The molecule has 3 aromatic carbocycles. The first-order chi connectivity index (χ1) is 23.4. The summed E-state index contributed by atoms with van der Waals surface area (Å²) in [5.74, 6) is 0.159. The van der Waals surface area contributed by atoms with Crippen molar-refractivity contribution in [1.29, 1.82) is 0 Å². The number of nitrogens with one attached hydrogen (secondary N) is 1. The molecule has 5 aromatic rings. The maximum Gasteiger partial charge on any atom is 0.416 e. The van der Waals surface area contributed by atoms with E-state index >= 15 is 0 Å². The van der Waals surface area contributed by atoms with Crippen molar-refractivity contribution in [1.82, 2.24) is 19.4 Å². The molecule has 0 atom stereocenters. The Kier molecular flexibility index (Phi) is 9.49. The smallest absolute Gasteiger partial charge is 0.416 e. The van der Waals surface area contributed by atoms with Crippen LogP contribution in [0.3, 0.4) is 0 Å². The van der Waals surface area contributed by atoms with Gasteiger partial charge in [-0.15, -0.1) is 0 Å².